The Balaban J connectivity index is 2.07. The minimum absolute atomic E-state index is 0.0612. The van der Waals surface area contributed by atoms with Crippen LogP contribution in [-0.2, 0) is 0 Å². The molecule has 1 aliphatic rings. The fourth-order valence-electron chi connectivity index (χ4n) is 1.75. The van der Waals surface area contributed by atoms with E-state index in [0.29, 0.717) is 22.4 Å². The van der Waals surface area contributed by atoms with Gasteiger partial charge >= 0.3 is 0 Å². The quantitative estimate of drug-likeness (QED) is 0.760. The number of hydrogen-bond acceptors (Lipinski definition) is 1. The number of Topliss-reactive ketones (excluding diaryl/α,β-unsaturated/α-hetero) is 1. The van der Waals surface area contributed by atoms with Gasteiger partial charge in [0, 0.05) is 12.0 Å². The van der Waals surface area contributed by atoms with E-state index in [0.717, 1.165) is 12.8 Å². The van der Waals surface area contributed by atoms with Crippen molar-refractivity contribution in [3.63, 3.8) is 0 Å². The van der Waals surface area contributed by atoms with Crippen molar-refractivity contribution >= 4 is 21.7 Å². The minimum atomic E-state index is -0.366. The molecule has 0 radical (unpaired) electrons. The van der Waals surface area contributed by atoms with E-state index in [-0.39, 0.29) is 11.6 Å². The maximum absolute atomic E-state index is 13.2. The number of carbonyl (C=O) groups excluding carboxylic acids is 1. The van der Waals surface area contributed by atoms with E-state index in [9.17, 15) is 9.18 Å². The van der Waals surface area contributed by atoms with Crippen LogP contribution in [0.4, 0.5) is 4.39 Å². The zero-order chi connectivity index (χ0) is 10.8. The minimum Gasteiger partial charge on any atom is -0.294 e. The number of benzene rings is 1. The summed E-state index contributed by atoms with van der Waals surface area (Å²) < 4.78 is 13.6. The molecule has 0 atom stereocenters. The average Bonchev–Trinajstić information content (AvgIpc) is 2.15. The molecule has 1 fully saturated rings. The molecule has 0 saturated heterocycles. The Hall–Kier alpha value is -0.700. The molecule has 0 bridgehead atoms. The van der Waals surface area contributed by atoms with Gasteiger partial charge in [-0.2, -0.15) is 0 Å². The average molecular weight is 271 g/mol. The largest absolute Gasteiger partial charge is 0.294 e. The first kappa shape index (κ1) is 10.8. The zero-order valence-electron chi connectivity index (χ0n) is 8.30. The van der Waals surface area contributed by atoms with Gasteiger partial charge in [-0.1, -0.05) is 25.3 Å². The van der Waals surface area contributed by atoms with Crippen LogP contribution in [0.5, 0.6) is 0 Å². The molecule has 2 rings (SSSR count). The van der Waals surface area contributed by atoms with Crippen LogP contribution in [0.25, 0.3) is 0 Å². The van der Waals surface area contributed by atoms with Crippen LogP contribution in [0, 0.1) is 11.7 Å². The highest BCUT2D eigenvalue weighted by Crippen LogP contribution is 2.30. The summed E-state index contributed by atoms with van der Waals surface area (Å²) in [4.78, 5) is 11.7. The molecule has 0 N–H and O–H groups in total. The molecule has 0 aromatic heterocycles. The second-order valence-electron chi connectivity index (χ2n) is 4.05. The first-order valence-electron chi connectivity index (χ1n) is 5.15. The summed E-state index contributed by atoms with van der Waals surface area (Å²) in [6, 6.07) is 4.57. The summed E-state index contributed by atoms with van der Waals surface area (Å²) >= 11 is 3.07. The van der Waals surface area contributed by atoms with Crippen molar-refractivity contribution in [2.75, 3.05) is 0 Å². The van der Waals surface area contributed by atoms with Gasteiger partial charge in [0.05, 0.1) is 4.47 Å². The summed E-state index contributed by atoms with van der Waals surface area (Å²) in [6.45, 7) is 0. The third-order valence-corrected chi connectivity index (χ3v) is 3.58. The van der Waals surface area contributed by atoms with Crippen molar-refractivity contribution in [2.24, 2.45) is 5.92 Å². The fraction of sp³-hybridized carbons (Fsp3) is 0.417. The predicted molar refractivity (Wildman–Crippen MR) is 60.4 cm³/mol. The molecule has 1 aliphatic carbocycles. The number of ketones is 1. The van der Waals surface area contributed by atoms with Crippen molar-refractivity contribution in [1.82, 2.24) is 0 Å². The van der Waals surface area contributed by atoms with E-state index in [2.05, 4.69) is 15.9 Å². The fourth-order valence-corrected chi connectivity index (χ4v) is 1.99. The Morgan fingerprint density at radius 3 is 2.73 bits per heavy atom. The molecule has 15 heavy (non-hydrogen) atoms. The molecule has 1 aromatic rings. The number of carbonyl (C=O) groups is 1. The topological polar surface area (TPSA) is 17.1 Å². The van der Waals surface area contributed by atoms with Crippen LogP contribution in [0.15, 0.2) is 22.7 Å². The molecule has 0 spiro atoms. The molecule has 3 heteroatoms. The Morgan fingerprint density at radius 1 is 1.47 bits per heavy atom. The summed E-state index contributed by atoms with van der Waals surface area (Å²) in [7, 11) is 0. The van der Waals surface area contributed by atoms with Gasteiger partial charge in [-0.15, -0.1) is 0 Å². The highest BCUT2D eigenvalue weighted by Gasteiger charge is 2.21. The Morgan fingerprint density at radius 2 is 2.20 bits per heavy atom. The molecule has 0 aliphatic heterocycles. The summed E-state index contributed by atoms with van der Waals surface area (Å²) in [5.41, 5.74) is 0.489. The van der Waals surface area contributed by atoms with Crippen LogP contribution in [0.1, 0.15) is 36.0 Å². The van der Waals surface area contributed by atoms with Crippen molar-refractivity contribution in [1.29, 1.82) is 0 Å². The maximum Gasteiger partial charge on any atom is 0.163 e. The van der Waals surface area contributed by atoms with E-state index in [4.69, 9.17) is 0 Å². The zero-order valence-corrected chi connectivity index (χ0v) is 9.89. The maximum atomic E-state index is 13.2. The molecular weight excluding hydrogens is 259 g/mol. The van der Waals surface area contributed by atoms with E-state index in [1.54, 1.807) is 12.1 Å². The van der Waals surface area contributed by atoms with E-state index >= 15 is 0 Å². The van der Waals surface area contributed by atoms with Crippen LogP contribution in [0.3, 0.4) is 0 Å². The lowest BCUT2D eigenvalue weighted by Gasteiger charge is -2.24. The highest BCUT2D eigenvalue weighted by molar-refractivity contribution is 9.10. The third kappa shape index (κ3) is 2.46. The number of hydrogen-bond donors (Lipinski definition) is 0. The Labute approximate surface area is 96.8 Å². The molecule has 1 aromatic carbocycles. The van der Waals surface area contributed by atoms with Crippen LogP contribution >= 0.6 is 15.9 Å². The van der Waals surface area contributed by atoms with E-state index in [1.165, 1.54) is 12.5 Å². The van der Waals surface area contributed by atoms with E-state index in [1.807, 2.05) is 0 Å². The molecule has 0 amide bonds. The highest BCUT2D eigenvalue weighted by atomic mass is 79.9. The number of rotatable bonds is 3. The van der Waals surface area contributed by atoms with Crippen molar-refractivity contribution in [3.8, 4) is 0 Å². The lowest BCUT2D eigenvalue weighted by molar-refractivity contribution is 0.0936. The molecular formula is C12H12BrFO. The predicted octanol–water partition coefficient (Wildman–Crippen LogP) is 3.96. The monoisotopic (exact) mass is 270 g/mol. The third-order valence-electron chi connectivity index (χ3n) is 2.94. The lowest BCUT2D eigenvalue weighted by atomic mass is 9.81. The first-order valence-corrected chi connectivity index (χ1v) is 5.94. The summed E-state index contributed by atoms with van der Waals surface area (Å²) in [6.07, 6.45) is 4.09. The Bertz CT molecular complexity index is 385. The molecule has 0 heterocycles. The van der Waals surface area contributed by atoms with Crippen LogP contribution in [-0.4, -0.2) is 5.78 Å². The smallest absolute Gasteiger partial charge is 0.163 e. The van der Waals surface area contributed by atoms with Crippen LogP contribution < -0.4 is 0 Å². The molecule has 80 valence electrons. The standard InChI is InChI=1S/C12H12BrFO/c13-10-5-4-9(7-11(10)14)12(15)6-8-2-1-3-8/h4-5,7-8H,1-3,6H2. The van der Waals surface area contributed by atoms with Gasteiger partial charge in [0.2, 0.25) is 0 Å². The van der Waals surface area contributed by atoms with Gasteiger partial charge in [0.1, 0.15) is 5.82 Å². The molecule has 0 unspecified atom stereocenters. The normalized spacial score (nSPS) is 16.1. The van der Waals surface area contributed by atoms with Gasteiger partial charge in [0.15, 0.2) is 5.78 Å². The first-order chi connectivity index (χ1) is 7.16. The second kappa shape index (κ2) is 4.44. The lowest BCUT2D eigenvalue weighted by Crippen LogP contribution is -2.16. The van der Waals surface area contributed by atoms with Gasteiger partial charge in [-0.3, -0.25) is 4.79 Å². The van der Waals surface area contributed by atoms with Crippen molar-refractivity contribution < 1.29 is 9.18 Å². The van der Waals surface area contributed by atoms with Gasteiger partial charge in [-0.05, 0) is 34.0 Å². The van der Waals surface area contributed by atoms with Crippen molar-refractivity contribution in [3.05, 3.63) is 34.1 Å². The number of halogens is 2. The summed E-state index contributed by atoms with van der Waals surface area (Å²) in [5.74, 6) is 0.227. The van der Waals surface area contributed by atoms with Gasteiger partial charge < -0.3 is 0 Å². The van der Waals surface area contributed by atoms with Gasteiger partial charge in [-0.25, -0.2) is 4.39 Å². The van der Waals surface area contributed by atoms with E-state index < -0.39 is 0 Å². The molecule has 1 nitrogen and oxygen atoms in total. The molecule has 1 saturated carbocycles. The summed E-state index contributed by atoms with van der Waals surface area (Å²) in [5, 5.41) is 0. The van der Waals surface area contributed by atoms with Crippen LogP contribution in [0.2, 0.25) is 0 Å². The second-order valence-corrected chi connectivity index (χ2v) is 4.91. The van der Waals surface area contributed by atoms with Crippen molar-refractivity contribution in [2.45, 2.75) is 25.7 Å². The van der Waals surface area contributed by atoms with Gasteiger partial charge in [0.25, 0.3) is 0 Å². The SMILES string of the molecule is O=C(CC1CCC1)c1ccc(Br)c(F)c1. The Kier molecular flexibility index (Phi) is 3.19.